The zero-order valence-electron chi connectivity index (χ0n) is 9.65. The lowest BCUT2D eigenvalue weighted by Crippen LogP contribution is -2.43. The maximum absolute atomic E-state index is 5.36. The van der Waals surface area contributed by atoms with E-state index in [0.29, 0.717) is 19.8 Å². The van der Waals surface area contributed by atoms with Crippen molar-refractivity contribution >= 4 is 0 Å². The number of hydroxylamine groups is 1. The minimum absolute atomic E-state index is 0.549. The van der Waals surface area contributed by atoms with E-state index in [-0.39, 0.29) is 0 Å². The molecule has 0 fully saturated rings. The molecule has 0 rings (SSSR count). The Labute approximate surface area is 86.4 Å². The van der Waals surface area contributed by atoms with Gasteiger partial charge in [0.25, 0.3) is 0 Å². The summed E-state index contributed by atoms with van der Waals surface area (Å²) in [5, 5.41) is 2.90. The highest BCUT2D eigenvalue weighted by Crippen LogP contribution is 2.03. The van der Waals surface area contributed by atoms with E-state index < -0.39 is 0 Å². The fraction of sp³-hybridized carbons (Fsp3) is 1.00. The van der Waals surface area contributed by atoms with Crippen molar-refractivity contribution < 1.29 is 14.5 Å². The minimum Gasteiger partial charge on any atom is -0.280 e. The van der Waals surface area contributed by atoms with Crippen molar-refractivity contribution in [3.05, 3.63) is 0 Å². The minimum atomic E-state index is 0.549. The Balaban J connectivity index is 4.06. The maximum atomic E-state index is 5.36. The van der Waals surface area contributed by atoms with E-state index >= 15 is 0 Å². The Morgan fingerprint density at radius 1 is 0.786 bits per heavy atom. The van der Waals surface area contributed by atoms with Crippen molar-refractivity contribution in [1.29, 1.82) is 0 Å². The quantitative estimate of drug-likeness (QED) is 0.537. The van der Waals surface area contributed by atoms with Crippen LogP contribution in [0.25, 0.3) is 0 Å². The largest absolute Gasteiger partial charge is 0.280 e. The van der Waals surface area contributed by atoms with E-state index in [1.165, 1.54) is 5.34 Å². The van der Waals surface area contributed by atoms with Crippen LogP contribution in [0.1, 0.15) is 34.1 Å². The number of hydrogen-bond donors (Lipinski definition) is 0. The summed E-state index contributed by atoms with van der Waals surface area (Å²) in [6.07, 6.45) is 0.969. The predicted molar refractivity (Wildman–Crippen MR) is 53.7 cm³/mol. The lowest BCUT2D eigenvalue weighted by Gasteiger charge is -2.29. The molecule has 0 aromatic rings. The monoisotopic (exact) mass is 206 g/mol. The van der Waals surface area contributed by atoms with Gasteiger partial charge >= 0.3 is 0 Å². The van der Waals surface area contributed by atoms with Gasteiger partial charge in [-0.3, -0.25) is 14.5 Å². The van der Waals surface area contributed by atoms with Crippen molar-refractivity contribution in [2.45, 2.75) is 34.1 Å². The Hall–Kier alpha value is -0.200. The van der Waals surface area contributed by atoms with E-state index in [1.807, 2.05) is 20.8 Å². The van der Waals surface area contributed by atoms with Crippen LogP contribution >= 0.6 is 0 Å². The van der Waals surface area contributed by atoms with Crippen LogP contribution in [0.15, 0.2) is 0 Å². The maximum Gasteiger partial charge on any atom is 0.0699 e. The first-order chi connectivity index (χ1) is 6.79. The van der Waals surface area contributed by atoms with Gasteiger partial charge in [-0.1, -0.05) is 12.1 Å². The smallest absolute Gasteiger partial charge is 0.0699 e. The number of rotatable bonds is 9. The van der Waals surface area contributed by atoms with Crippen LogP contribution in [-0.4, -0.2) is 36.9 Å². The Morgan fingerprint density at radius 2 is 1.29 bits per heavy atom. The van der Waals surface area contributed by atoms with Crippen molar-refractivity contribution in [3.63, 3.8) is 0 Å². The van der Waals surface area contributed by atoms with Gasteiger partial charge in [-0.2, -0.15) is 0 Å². The van der Waals surface area contributed by atoms with Crippen LogP contribution in [0, 0.1) is 0 Å². The van der Waals surface area contributed by atoms with Gasteiger partial charge in [-0.05, 0) is 27.2 Å². The van der Waals surface area contributed by atoms with Gasteiger partial charge in [0.2, 0.25) is 0 Å². The third kappa shape index (κ3) is 5.51. The van der Waals surface area contributed by atoms with Crippen molar-refractivity contribution in [3.8, 4) is 0 Å². The number of hydrazine groups is 1. The third-order valence-electron chi connectivity index (χ3n) is 1.35. The van der Waals surface area contributed by atoms with Gasteiger partial charge in [0, 0.05) is 11.9 Å². The molecule has 0 unspecified atom stereocenters. The molecule has 0 aliphatic carbocycles. The molecule has 0 bridgehead atoms. The summed E-state index contributed by atoms with van der Waals surface area (Å²) in [4.78, 5) is 15.9. The molecule has 0 saturated carbocycles. The molecule has 0 N–H and O–H groups in total. The first-order valence-electron chi connectivity index (χ1n) is 5.26. The molecule has 14 heavy (non-hydrogen) atoms. The summed E-state index contributed by atoms with van der Waals surface area (Å²) >= 11 is 0. The summed E-state index contributed by atoms with van der Waals surface area (Å²) in [6, 6.07) is 0. The van der Waals surface area contributed by atoms with Crippen molar-refractivity contribution in [2.75, 3.05) is 26.4 Å². The zero-order chi connectivity index (χ0) is 10.8. The fourth-order valence-electron chi connectivity index (χ4n) is 0.921. The molecule has 0 amide bonds. The molecule has 0 aromatic carbocycles. The molecule has 5 heteroatoms. The van der Waals surface area contributed by atoms with Crippen LogP contribution in [0.2, 0.25) is 0 Å². The lowest BCUT2D eigenvalue weighted by atomic mass is 10.5. The number of hydrogen-bond acceptors (Lipinski definition) is 5. The van der Waals surface area contributed by atoms with Crippen molar-refractivity contribution in [2.24, 2.45) is 0 Å². The normalized spacial score (nSPS) is 11.6. The predicted octanol–water partition coefficient (Wildman–Crippen LogP) is 1.77. The van der Waals surface area contributed by atoms with E-state index in [0.717, 1.165) is 13.0 Å². The second-order valence-electron chi connectivity index (χ2n) is 2.57. The third-order valence-corrected chi connectivity index (χ3v) is 1.35. The highest BCUT2D eigenvalue weighted by molar-refractivity contribution is 4.30. The average molecular weight is 206 g/mol. The van der Waals surface area contributed by atoms with Crippen molar-refractivity contribution in [1.82, 2.24) is 10.5 Å². The van der Waals surface area contributed by atoms with Gasteiger partial charge in [-0.15, -0.1) is 0 Å². The molecule has 0 aliphatic heterocycles. The van der Waals surface area contributed by atoms with Crippen LogP contribution in [0.3, 0.4) is 0 Å². The van der Waals surface area contributed by atoms with E-state index in [4.69, 9.17) is 14.5 Å². The van der Waals surface area contributed by atoms with Gasteiger partial charge < -0.3 is 0 Å². The molecule has 0 spiro atoms. The molecule has 0 radical (unpaired) electrons. The average Bonchev–Trinajstić information content (AvgIpc) is 2.17. The topological polar surface area (TPSA) is 34.2 Å². The number of nitrogens with zero attached hydrogens (tertiary/aromatic N) is 2. The Bertz CT molecular complexity index is 98.6. The van der Waals surface area contributed by atoms with E-state index in [1.54, 1.807) is 5.17 Å². The molecular formula is C9H22N2O3. The van der Waals surface area contributed by atoms with E-state index in [2.05, 4.69) is 6.92 Å². The Morgan fingerprint density at radius 3 is 1.64 bits per heavy atom. The molecule has 5 nitrogen and oxygen atoms in total. The second kappa shape index (κ2) is 9.36. The summed E-state index contributed by atoms with van der Waals surface area (Å²) in [6.45, 7) is 10.2. The zero-order valence-corrected chi connectivity index (χ0v) is 9.65. The standard InChI is InChI=1S/C9H22N2O3/c1-5-9-10(12-6-2)11(13-7-3)14-8-4/h5-9H2,1-4H3. The van der Waals surface area contributed by atoms with Gasteiger partial charge in [-0.25, -0.2) is 0 Å². The summed E-state index contributed by atoms with van der Waals surface area (Å²) in [5.74, 6) is 0. The van der Waals surface area contributed by atoms with Crippen LogP contribution in [-0.2, 0) is 14.5 Å². The lowest BCUT2D eigenvalue weighted by molar-refractivity contribution is -0.530. The molecule has 0 atom stereocenters. The van der Waals surface area contributed by atoms with E-state index in [9.17, 15) is 0 Å². The summed E-state index contributed by atoms with van der Waals surface area (Å²) in [5.41, 5.74) is 0. The van der Waals surface area contributed by atoms with Crippen LogP contribution in [0.5, 0.6) is 0 Å². The molecule has 0 heterocycles. The molecular weight excluding hydrogens is 184 g/mol. The molecule has 0 aromatic heterocycles. The highest BCUT2D eigenvalue weighted by Gasteiger charge is 2.15. The fourth-order valence-corrected chi connectivity index (χ4v) is 0.921. The first kappa shape index (κ1) is 13.8. The SMILES string of the molecule is CCCN(OCC)N(OCC)OCC. The summed E-state index contributed by atoms with van der Waals surface area (Å²) in [7, 11) is 0. The highest BCUT2D eigenvalue weighted by atomic mass is 17.0. The van der Waals surface area contributed by atoms with Gasteiger partial charge in [0.15, 0.2) is 0 Å². The summed E-state index contributed by atoms with van der Waals surface area (Å²) < 4.78 is 0. The van der Waals surface area contributed by atoms with Gasteiger partial charge in [0.1, 0.15) is 0 Å². The van der Waals surface area contributed by atoms with Crippen LogP contribution in [0.4, 0.5) is 0 Å². The molecule has 0 aliphatic rings. The molecule has 0 saturated heterocycles. The van der Waals surface area contributed by atoms with Crippen LogP contribution < -0.4 is 0 Å². The second-order valence-corrected chi connectivity index (χ2v) is 2.57. The Kier molecular flexibility index (Phi) is 9.23. The first-order valence-corrected chi connectivity index (χ1v) is 5.26. The molecule has 86 valence electrons. The van der Waals surface area contributed by atoms with Gasteiger partial charge in [0.05, 0.1) is 19.8 Å².